The van der Waals surface area contributed by atoms with Crippen LogP contribution in [0, 0.1) is 0 Å². The van der Waals surface area contributed by atoms with Gasteiger partial charge in [0.1, 0.15) is 11.5 Å². The van der Waals surface area contributed by atoms with Gasteiger partial charge in [-0.1, -0.05) is 50.6 Å². The summed E-state index contributed by atoms with van der Waals surface area (Å²) in [6, 6.07) is 11.4. The summed E-state index contributed by atoms with van der Waals surface area (Å²) < 4.78 is 5.66. The molecule has 0 bridgehead atoms. The van der Waals surface area contributed by atoms with E-state index in [9.17, 15) is 9.90 Å². The van der Waals surface area contributed by atoms with E-state index in [-0.39, 0.29) is 17.1 Å². The summed E-state index contributed by atoms with van der Waals surface area (Å²) in [5.74, 6) is 0.274. The first-order chi connectivity index (χ1) is 12.1. The van der Waals surface area contributed by atoms with Gasteiger partial charge in [-0.3, -0.25) is 4.79 Å². The molecule has 3 nitrogen and oxygen atoms in total. The normalized spacial score (nSPS) is 10.6. The van der Waals surface area contributed by atoms with E-state index in [1.54, 1.807) is 36.4 Å². The number of hydrogen-bond acceptors (Lipinski definition) is 3. The third-order valence-electron chi connectivity index (χ3n) is 4.09. The summed E-state index contributed by atoms with van der Waals surface area (Å²) in [7, 11) is 0. The van der Waals surface area contributed by atoms with Crippen LogP contribution in [0.4, 0.5) is 0 Å². The number of phenolic OH excluding ortho intramolecular Hbond substituents is 1. The Morgan fingerprint density at radius 2 is 1.68 bits per heavy atom. The molecule has 0 saturated carbocycles. The fraction of sp³-hybridized carbons (Fsp3) is 0.381. The molecule has 0 aliphatic heterocycles. The number of benzene rings is 2. The number of aromatic hydroxyl groups is 1. The minimum Gasteiger partial charge on any atom is -0.507 e. The summed E-state index contributed by atoms with van der Waals surface area (Å²) in [5.41, 5.74) is 0.745. The van der Waals surface area contributed by atoms with Gasteiger partial charge < -0.3 is 9.84 Å². The zero-order valence-corrected chi connectivity index (χ0v) is 15.4. The van der Waals surface area contributed by atoms with Crippen molar-refractivity contribution in [3.05, 3.63) is 58.6 Å². The second-order valence-corrected chi connectivity index (χ2v) is 6.57. The number of carbonyl (C=O) groups excluding carboxylic acids is 1. The maximum Gasteiger partial charge on any atom is 0.196 e. The van der Waals surface area contributed by atoms with Crippen LogP contribution in [-0.4, -0.2) is 17.5 Å². The van der Waals surface area contributed by atoms with Gasteiger partial charge in [0.05, 0.1) is 12.2 Å². The summed E-state index contributed by atoms with van der Waals surface area (Å²) in [6.07, 6.45) is 7.19. The van der Waals surface area contributed by atoms with Crippen LogP contribution in [0.1, 0.15) is 61.4 Å². The van der Waals surface area contributed by atoms with E-state index in [0.717, 1.165) is 12.8 Å². The van der Waals surface area contributed by atoms with Gasteiger partial charge in [-0.15, -0.1) is 0 Å². The zero-order valence-electron chi connectivity index (χ0n) is 14.6. The average molecular weight is 361 g/mol. The van der Waals surface area contributed by atoms with E-state index in [1.165, 1.54) is 31.7 Å². The number of phenols is 1. The fourth-order valence-electron chi connectivity index (χ4n) is 2.62. The highest BCUT2D eigenvalue weighted by atomic mass is 35.5. The highest BCUT2D eigenvalue weighted by Crippen LogP contribution is 2.26. The van der Waals surface area contributed by atoms with Crippen molar-refractivity contribution in [1.82, 2.24) is 0 Å². The Hall–Kier alpha value is -2.00. The van der Waals surface area contributed by atoms with Gasteiger partial charge >= 0.3 is 0 Å². The summed E-state index contributed by atoms with van der Waals surface area (Å²) >= 11 is 5.83. The van der Waals surface area contributed by atoms with Crippen LogP contribution in [0.15, 0.2) is 42.5 Å². The van der Waals surface area contributed by atoms with Crippen LogP contribution in [0.2, 0.25) is 5.02 Å². The quantitative estimate of drug-likeness (QED) is 0.416. The standard InChI is InChI=1S/C21H25ClO3/c1-2-3-4-5-6-7-14-25-18-12-13-19(20(23)15-18)21(24)16-8-10-17(22)11-9-16/h8-13,15,23H,2-7,14H2,1H3. The van der Waals surface area contributed by atoms with Gasteiger partial charge in [0.15, 0.2) is 5.78 Å². The maximum atomic E-state index is 12.4. The lowest BCUT2D eigenvalue weighted by Gasteiger charge is -2.09. The zero-order chi connectivity index (χ0) is 18.1. The number of rotatable bonds is 10. The molecule has 134 valence electrons. The van der Waals surface area contributed by atoms with Crippen molar-refractivity contribution in [2.24, 2.45) is 0 Å². The van der Waals surface area contributed by atoms with Gasteiger partial charge in [-0.25, -0.2) is 0 Å². The molecule has 0 radical (unpaired) electrons. The molecule has 0 spiro atoms. The molecule has 0 aliphatic carbocycles. The van der Waals surface area contributed by atoms with Crippen molar-refractivity contribution in [2.75, 3.05) is 6.61 Å². The molecule has 0 fully saturated rings. The lowest BCUT2D eigenvalue weighted by atomic mass is 10.0. The molecule has 0 aromatic heterocycles. The van der Waals surface area contributed by atoms with Gasteiger partial charge in [-0.2, -0.15) is 0 Å². The number of hydrogen-bond donors (Lipinski definition) is 1. The van der Waals surface area contributed by atoms with Crippen LogP contribution in [0.5, 0.6) is 11.5 Å². The van der Waals surface area contributed by atoms with Crippen LogP contribution in [0.3, 0.4) is 0 Å². The highest BCUT2D eigenvalue weighted by molar-refractivity contribution is 6.30. The van der Waals surface area contributed by atoms with Gasteiger partial charge in [0, 0.05) is 16.7 Å². The van der Waals surface area contributed by atoms with E-state index in [2.05, 4.69) is 6.92 Å². The van der Waals surface area contributed by atoms with Crippen molar-refractivity contribution in [3.63, 3.8) is 0 Å². The van der Waals surface area contributed by atoms with Crippen molar-refractivity contribution in [3.8, 4) is 11.5 Å². The van der Waals surface area contributed by atoms with Gasteiger partial charge in [-0.05, 0) is 42.8 Å². The first kappa shape index (κ1) is 19.3. The predicted octanol–water partition coefficient (Wildman–Crippen LogP) is 6.02. The molecule has 0 atom stereocenters. The molecule has 4 heteroatoms. The molecule has 25 heavy (non-hydrogen) atoms. The average Bonchev–Trinajstić information content (AvgIpc) is 2.61. The van der Waals surface area contributed by atoms with Crippen molar-refractivity contribution in [2.45, 2.75) is 45.4 Å². The Morgan fingerprint density at radius 1 is 1.00 bits per heavy atom. The Balaban J connectivity index is 1.87. The number of carbonyl (C=O) groups is 1. The van der Waals surface area contributed by atoms with Crippen molar-refractivity contribution >= 4 is 17.4 Å². The molecule has 2 aromatic carbocycles. The Kier molecular flexibility index (Phi) is 7.80. The van der Waals surface area contributed by atoms with Crippen LogP contribution in [0.25, 0.3) is 0 Å². The van der Waals surface area contributed by atoms with Gasteiger partial charge in [0.25, 0.3) is 0 Å². The van der Waals surface area contributed by atoms with E-state index in [0.29, 0.717) is 22.9 Å². The minimum atomic E-state index is -0.239. The summed E-state index contributed by atoms with van der Waals surface area (Å²) in [6.45, 7) is 2.83. The summed E-state index contributed by atoms with van der Waals surface area (Å²) in [5, 5.41) is 10.7. The largest absolute Gasteiger partial charge is 0.507 e. The molecule has 1 N–H and O–H groups in total. The monoisotopic (exact) mass is 360 g/mol. The van der Waals surface area contributed by atoms with Crippen LogP contribution >= 0.6 is 11.6 Å². The van der Waals surface area contributed by atoms with E-state index in [1.807, 2.05) is 0 Å². The molecule has 0 heterocycles. The molecular formula is C21H25ClO3. The number of unbranched alkanes of at least 4 members (excludes halogenated alkanes) is 5. The van der Waals surface area contributed by atoms with E-state index >= 15 is 0 Å². The molecular weight excluding hydrogens is 336 g/mol. The second-order valence-electron chi connectivity index (χ2n) is 6.13. The molecule has 0 saturated heterocycles. The highest BCUT2D eigenvalue weighted by Gasteiger charge is 2.14. The lowest BCUT2D eigenvalue weighted by molar-refractivity contribution is 0.103. The Labute approximate surface area is 154 Å². The van der Waals surface area contributed by atoms with Crippen molar-refractivity contribution < 1.29 is 14.6 Å². The third kappa shape index (κ3) is 6.09. The molecule has 0 aliphatic rings. The third-order valence-corrected chi connectivity index (χ3v) is 4.34. The molecule has 2 aromatic rings. The SMILES string of the molecule is CCCCCCCCOc1ccc(C(=O)c2ccc(Cl)cc2)c(O)c1. The first-order valence-corrected chi connectivity index (χ1v) is 9.25. The van der Waals surface area contributed by atoms with Crippen LogP contribution in [-0.2, 0) is 0 Å². The van der Waals surface area contributed by atoms with Crippen molar-refractivity contribution in [1.29, 1.82) is 0 Å². The number of halogens is 1. The number of ketones is 1. The number of ether oxygens (including phenoxy) is 1. The van der Waals surface area contributed by atoms with E-state index < -0.39 is 0 Å². The Bertz CT molecular complexity index is 680. The topological polar surface area (TPSA) is 46.5 Å². The predicted molar refractivity (Wildman–Crippen MR) is 102 cm³/mol. The van der Waals surface area contributed by atoms with Gasteiger partial charge in [0.2, 0.25) is 0 Å². The first-order valence-electron chi connectivity index (χ1n) is 8.88. The minimum absolute atomic E-state index is 0.0691. The summed E-state index contributed by atoms with van der Waals surface area (Å²) in [4.78, 5) is 12.4. The van der Waals surface area contributed by atoms with Crippen LogP contribution < -0.4 is 4.74 Å². The molecule has 0 amide bonds. The lowest BCUT2D eigenvalue weighted by Crippen LogP contribution is -2.02. The van der Waals surface area contributed by atoms with E-state index in [4.69, 9.17) is 16.3 Å². The maximum absolute atomic E-state index is 12.4. The second kappa shape index (κ2) is 10.1. The molecule has 0 unspecified atom stereocenters. The fourth-order valence-corrected chi connectivity index (χ4v) is 2.75. The Morgan fingerprint density at radius 3 is 2.36 bits per heavy atom. The molecule has 2 rings (SSSR count). The smallest absolute Gasteiger partial charge is 0.196 e.